The van der Waals surface area contributed by atoms with Gasteiger partial charge in [-0.05, 0) is 23.5 Å². The maximum atomic E-state index is 15.1. The Hall–Kier alpha value is -1.55. The van der Waals surface area contributed by atoms with Crippen molar-refractivity contribution in [2.45, 2.75) is 17.8 Å². The Labute approximate surface area is 122 Å². The van der Waals surface area contributed by atoms with Crippen molar-refractivity contribution in [2.75, 3.05) is 6.26 Å². The lowest BCUT2D eigenvalue weighted by atomic mass is 9.80. The summed E-state index contributed by atoms with van der Waals surface area (Å²) in [7, 11) is 0. The second-order valence-corrected chi connectivity index (χ2v) is 5.73. The van der Waals surface area contributed by atoms with Gasteiger partial charge in [0.2, 0.25) is 0 Å². The number of halogens is 1. The normalized spacial score (nSPS) is 24.8. The van der Waals surface area contributed by atoms with Gasteiger partial charge in [0, 0.05) is 12.2 Å². The molecule has 0 aromatic heterocycles. The van der Waals surface area contributed by atoms with Crippen molar-refractivity contribution >= 4 is 17.7 Å². The second-order valence-electron chi connectivity index (χ2n) is 4.87. The molecule has 2 atom stereocenters. The summed E-state index contributed by atoms with van der Waals surface area (Å²) in [5.41, 5.74) is 0.0643. The van der Waals surface area contributed by atoms with Crippen molar-refractivity contribution in [2.24, 2.45) is 5.92 Å². The molecule has 1 aromatic carbocycles. The van der Waals surface area contributed by atoms with Crippen LogP contribution < -0.4 is 0 Å². The first-order valence-corrected chi connectivity index (χ1v) is 7.79. The number of hydrogen-bond donors (Lipinski definition) is 1. The molecule has 0 spiro atoms. The van der Waals surface area contributed by atoms with Crippen LogP contribution in [-0.2, 0) is 17.0 Å². The number of thioether (sulfide) groups is 1. The first-order chi connectivity index (χ1) is 9.57. The third kappa shape index (κ3) is 3.12. The number of carboxylic acid groups (broad SMARTS) is 1. The van der Waals surface area contributed by atoms with E-state index in [4.69, 9.17) is 0 Å². The molecular formula is C16H17FO2S. The Bertz CT molecular complexity index is 553. The molecule has 0 aliphatic heterocycles. The number of rotatable bonds is 5. The molecule has 0 saturated heterocycles. The van der Waals surface area contributed by atoms with Crippen LogP contribution in [0.3, 0.4) is 0 Å². The Morgan fingerprint density at radius 1 is 1.35 bits per heavy atom. The van der Waals surface area contributed by atoms with Crippen molar-refractivity contribution in [3.05, 3.63) is 59.7 Å². The van der Waals surface area contributed by atoms with Crippen LogP contribution in [0.5, 0.6) is 0 Å². The first-order valence-electron chi connectivity index (χ1n) is 6.40. The number of hydrogen-bond acceptors (Lipinski definition) is 2. The highest BCUT2D eigenvalue weighted by Gasteiger charge is 2.41. The fraction of sp³-hybridized carbons (Fsp3) is 0.312. The van der Waals surface area contributed by atoms with E-state index in [0.29, 0.717) is 0 Å². The van der Waals surface area contributed by atoms with E-state index in [1.807, 2.05) is 30.5 Å². The predicted molar refractivity (Wildman–Crippen MR) is 80.6 cm³/mol. The predicted octanol–water partition coefficient (Wildman–Crippen LogP) is 3.63. The van der Waals surface area contributed by atoms with Crippen LogP contribution in [0.2, 0.25) is 0 Å². The highest BCUT2D eigenvalue weighted by Crippen LogP contribution is 2.34. The van der Waals surface area contributed by atoms with E-state index in [9.17, 15) is 9.90 Å². The minimum atomic E-state index is -1.87. The number of alkyl halides is 1. The maximum Gasteiger partial charge on any atom is 0.314 e. The van der Waals surface area contributed by atoms with Crippen LogP contribution in [0.15, 0.2) is 48.6 Å². The van der Waals surface area contributed by atoms with Crippen molar-refractivity contribution < 1.29 is 14.3 Å². The second kappa shape index (κ2) is 6.27. The van der Waals surface area contributed by atoms with Gasteiger partial charge in [0.05, 0.1) is 0 Å². The molecule has 1 aromatic rings. The molecular weight excluding hydrogens is 275 g/mol. The average Bonchev–Trinajstić information content (AvgIpc) is 2.41. The molecule has 2 nitrogen and oxygen atoms in total. The monoisotopic (exact) mass is 292 g/mol. The summed E-state index contributed by atoms with van der Waals surface area (Å²) in [6, 6.07) is 7.62. The van der Waals surface area contributed by atoms with Crippen LogP contribution in [-0.4, -0.2) is 23.0 Å². The summed E-state index contributed by atoms with van der Waals surface area (Å²) in [6.45, 7) is 0. The SMILES string of the molecule is CSCc1ccccc1CC1(F)C=CC=CC1C(=O)O. The van der Waals surface area contributed by atoms with Crippen LogP contribution in [0.4, 0.5) is 4.39 Å². The van der Waals surface area contributed by atoms with E-state index in [-0.39, 0.29) is 6.42 Å². The molecule has 106 valence electrons. The molecule has 4 heteroatoms. The number of aliphatic carboxylic acids is 1. The average molecular weight is 292 g/mol. The van der Waals surface area contributed by atoms with E-state index >= 15 is 4.39 Å². The minimum absolute atomic E-state index is 0.0849. The Kier molecular flexibility index (Phi) is 4.65. The van der Waals surface area contributed by atoms with Gasteiger partial charge >= 0.3 is 5.97 Å². The van der Waals surface area contributed by atoms with Gasteiger partial charge in [-0.3, -0.25) is 4.79 Å². The lowest BCUT2D eigenvalue weighted by Crippen LogP contribution is -2.39. The van der Waals surface area contributed by atoms with Gasteiger partial charge in [-0.25, -0.2) is 4.39 Å². The first kappa shape index (κ1) is 14.9. The molecule has 0 amide bonds. The zero-order chi connectivity index (χ0) is 14.6. The Balaban J connectivity index is 2.30. The van der Waals surface area contributed by atoms with Gasteiger partial charge in [-0.1, -0.05) is 42.5 Å². The lowest BCUT2D eigenvalue weighted by Gasteiger charge is -2.29. The van der Waals surface area contributed by atoms with Crippen molar-refractivity contribution in [3.63, 3.8) is 0 Å². The van der Waals surface area contributed by atoms with Gasteiger partial charge in [-0.2, -0.15) is 11.8 Å². The Morgan fingerprint density at radius 3 is 2.70 bits per heavy atom. The topological polar surface area (TPSA) is 37.3 Å². The molecule has 0 saturated carbocycles. The summed E-state index contributed by atoms with van der Waals surface area (Å²) < 4.78 is 15.1. The fourth-order valence-corrected chi connectivity index (χ4v) is 3.02. The van der Waals surface area contributed by atoms with E-state index in [0.717, 1.165) is 16.9 Å². The molecule has 1 aliphatic carbocycles. The van der Waals surface area contributed by atoms with Crippen LogP contribution >= 0.6 is 11.8 Å². The highest BCUT2D eigenvalue weighted by atomic mass is 32.2. The molecule has 2 unspecified atom stereocenters. The van der Waals surface area contributed by atoms with Crippen LogP contribution in [0.25, 0.3) is 0 Å². The molecule has 0 radical (unpaired) electrons. The third-order valence-electron chi connectivity index (χ3n) is 3.45. The third-order valence-corrected chi connectivity index (χ3v) is 4.05. The summed E-state index contributed by atoms with van der Waals surface area (Å²) >= 11 is 1.67. The van der Waals surface area contributed by atoms with Gasteiger partial charge in [0.25, 0.3) is 0 Å². The molecule has 0 bridgehead atoms. The van der Waals surface area contributed by atoms with Gasteiger partial charge in [0.15, 0.2) is 0 Å². The largest absolute Gasteiger partial charge is 0.481 e. The van der Waals surface area contributed by atoms with Crippen LogP contribution in [0, 0.1) is 5.92 Å². The van der Waals surface area contributed by atoms with Gasteiger partial charge in [0.1, 0.15) is 11.6 Å². The van der Waals surface area contributed by atoms with E-state index in [1.54, 1.807) is 23.9 Å². The van der Waals surface area contributed by atoms with Gasteiger partial charge < -0.3 is 5.11 Å². The summed E-state index contributed by atoms with van der Waals surface area (Å²) in [5.74, 6) is -1.46. The molecule has 20 heavy (non-hydrogen) atoms. The standard InChI is InChI=1S/C16H17FO2S/c1-20-11-13-7-3-2-6-12(13)10-16(17)9-5-4-8-14(16)15(18)19/h2-9,14H,10-11H2,1H3,(H,18,19). The van der Waals surface area contributed by atoms with Crippen LogP contribution in [0.1, 0.15) is 11.1 Å². The zero-order valence-electron chi connectivity index (χ0n) is 11.3. The molecule has 1 aliphatic rings. The lowest BCUT2D eigenvalue weighted by molar-refractivity contribution is -0.143. The molecule has 2 rings (SSSR count). The molecule has 0 fully saturated rings. The Morgan fingerprint density at radius 2 is 2.05 bits per heavy atom. The van der Waals surface area contributed by atoms with E-state index in [1.165, 1.54) is 12.2 Å². The van der Waals surface area contributed by atoms with Crippen molar-refractivity contribution in [3.8, 4) is 0 Å². The molecule has 1 N–H and O–H groups in total. The fourth-order valence-electron chi connectivity index (χ4n) is 2.43. The summed E-state index contributed by atoms with van der Waals surface area (Å²) in [4.78, 5) is 11.2. The smallest absolute Gasteiger partial charge is 0.314 e. The van der Waals surface area contributed by atoms with Gasteiger partial charge in [-0.15, -0.1) is 0 Å². The van der Waals surface area contributed by atoms with Crippen molar-refractivity contribution in [1.29, 1.82) is 0 Å². The minimum Gasteiger partial charge on any atom is -0.481 e. The number of benzene rings is 1. The van der Waals surface area contributed by atoms with E-state index < -0.39 is 17.6 Å². The number of carboxylic acids is 1. The zero-order valence-corrected chi connectivity index (χ0v) is 12.1. The summed E-state index contributed by atoms with van der Waals surface area (Å²) in [5, 5.41) is 9.20. The summed E-state index contributed by atoms with van der Waals surface area (Å²) in [6.07, 6.45) is 8.02. The van der Waals surface area contributed by atoms with E-state index in [2.05, 4.69) is 0 Å². The number of allylic oxidation sites excluding steroid dienone is 3. The molecule has 0 heterocycles. The van der Waals surface area contributed by atoms with Crippen molar-refractivity contribution in [1.82, 2.24) is 0 Å². The number of carbonyl (C=O) groups is 1. The highest BCUT2D eigenvalue weighted by molar-refractivity contribution is 7.97. The quantitative estimate of drug-likeness (QED) is 0.900. The maximum absolute atomic E-state index is 15.1.